The van der Waals surface area contributed by atoms with E-state index in [0.29, 0.717) is 5.69 Å². The molecule has 6 nitrogen and oxygen atoms in total. The fraction of sp³-hybridized carbons (Fsp3) is 0.300. The lowest BCUT2D eigenvalue weighted by atomic mass is 10.3. The molecule has 0 bridgehead atoms. The number of nitrogens with one attached hydrogen (secondary N) is 2. The van der Waals surface area contributed by atoms with Gasteiger partial charge in [0.2, 0.25) is 15.9 Å². The molecule has 0 heterocycles. The first kappa shape index (κ1) is 13.6. The molecule has 0 spiro atoms. The molecule has 0 unspecified atom stereocenters. The van der Waals surface area contributed by atoms with Gasteiger partial charge in [0.1, 0.15) is 6.61 Å². The Bertz CT molecular complexity index is 482. The first-order valence-electron chi connectivity index (χ1n) is 4.82. The SMILES string of the molecule is CNS(=O)(=O)c1ccc(NC(=O)COC)cc1. The van der Waals surface area contributed by atoms with Crippen molar-refractivity contribution in [1.29, 1.82) is 0 Å². The third-order valence-corrected chi connectivity index (χ3v) is 3.42. The molecule has 17 heavy (non-hydrogen) atoms. The zero-order chi connectivity index (χ0) is 12.9. The quantitative estimate of drug-likeness (QED) is 0.789. The van der Waals surface area contributed by atoms with Crippen LogP contribution in [-0.2, 0) is 19.6 Å². The van der Waals surface area contributed by atoms with E-state index in [9.17, 15) is 13.2 Å². The molecule has 0 aliphatic rings. The Balaban J connectivity index is 2.79. The minimum Gasteiger partial charge on any atom is -0.375 e. The Labute approximate surface area is 100 Å². The van der Waals surface area contributed by atoms with Gasteiger partial charge in [0, 0.05) is 12.8 Å². The fourth-order valence-corrected chi connectivity index (χ4v) is 1.89. The van der Waals surface area contributed by atoms with Crippen LogP contribution in [0, 0.1) is 0 Å². The van der Waals surface area contributed by atoms with Gasteiger partial charge in [0.05, 0.1) is 4.90 Å². The van der Waals surface area contributed by atoms with Gasteiger partial charge in [0.25, 0.3) is 0 Å². The van der Waals surface area contributed by atoms with Crippen LogP contribution in [0.2, 0.25) is 0 Å². The number of hydrogen-bond donors (Lipinski definition) is 2. The molecule has 2 N–H and O–H groups in total. The van der Waals surface area contributed by atoms with Crippen LogP contribution in [0.15, 0.2) is 29.2 Å². The summed E-state index contributed by atoms with van der Waals surface area (Å²) >= 11 is 0. The Kier molecular flexibility index (Phi) is 4.62. The van der Waals surface area contributed by atoms with Crippen LogP contribution in [0.1, 0.15) is 0 Å². The Morgan fingerprint density at radius 3 is 2.35 bits per heavy atom. The minimum atomic E-state index is -3.44. The summed E-state index contributed by atoms with van der Waals surface area (Å²) in [6.07, 6.45) is 0. The summed E-state index contributed by atoms with van der Waals surface area (Å²) in [5.74, 6) is -0.295. The van der Waals surface area contributed by atoms with Crippen molar-refractivity contribution in [2.24, 2.45) is 0 Å². The zero-order valence-electron chi connectivity index (χ0n) is 9.56. The van der Waals surface area contributed by atoms with E-state index in [1.54, 1.807) is 0 Å². The third kappa shape index (κ3) is 3.81. The van der Waals surface area contributed by atoms with Crippen LogP contribution in [0.4, 0.5) is 5.69 Å². The molecule has 1 rings (SSSR count). The highest BCUT2D eigenvalue weighted by molar-refractivity contribution is 7.89. The normalized spacial score (nSPS) is 11.2. The summed E-state index contributed by atoms with van der Waals surface area (Å²) in [6, 6.07) is 5.85. The van der Waals surface area contributed by atoms with Gasteiger partial charge in [-0.3, -0.25) is 4.79 Å². The summed E-state index contributed by atoms with van der Waals surface area (Å²) in [5.41, 5.74) is 0.516. The second kappa shape index (κ2) is 5.76. The molecule has 0 radical (unpaired) electrons. The molecular weight excluding hydrogens is 244 g/mol. The second-order valence-corrected chi connectivity index (χ2v) is 5.10. The highest BCUT2D eigenvalue weighted by atomic mass is 32.2. The summed E-state index contributed by atoms with van der Waals surface area (Å²) in [6.45, 7) is -0.0451. The molecule has 7 heteroatoms. The van der Waals surface area contributed by atoms with E-state index in [-0.39, 0.29) is 17.4 Å². The van der Waals surface area contributed by atoms with Crippen molar-refractivity contribution >= 4 is 21.6 Å². The van der Waals surface area contributed by atoms with E-state index in [1.807, 2.05) is 0 Å². The van der Waals surface area contributed by atoms with E-state index >= 15 is 0 Å². The summed E-state index contributed by atoms with van der Waals surface area (Å²) < 4.78 is 29.7. The number of benzene rings is 1. The van der Waals surface area contributed by atoms with Crippen molar-refractivity contribution in [3.05, 3.63) is 24.3 Å². The molecule has 1 amide bonds. The lowest BCUT2D eigenvalue weighted by Gasteiger charge is -2.06. The highest BCUT2D eigenvalue weighted by Crippen LogP contribution is 2.13. The maximum atomic E-state index is 11.4. The van der Waals surface area contributed by atoms with Crippen molar-refractivity contribution < 1.29 is 17.9 Å². The average Bonchev–Trinajstić information content (AvgIpc) is 2.30. The maximum absolute atomic E-state index is 11.4. The van der Waals surface area contributed by atoms with Crippen LogP contribution in [0.3, 0.4) is 0 Å². The molecule has 0 atom stereocenters. The van der Waals surface area contributed by atoms with Gasteiger partial charge < -0.3 is 10.1 Å². The molecule has 1 aromatic carbocycles. The number of carbonyl (C=O) groups is 1. The summed E-state index contributed by atoms with van der Waals surface area (Å²) in [5, 5.41) is 2.56. The number of rotatable bonds is 5. The molecule has 0 aliphatic carbocycles. The molecule has 1 aromatic rings. The minimum absolute atomic E-state index is 0.0451. The van der Waals surface area contributed by atoms with Crippen molar-refractivity contribution in [1.82, 2.24) is 4.72 Å². The van der Waals surface area contributed by atoms with Gasteiger partial charge in [-0.1, -0.05) is 0 Å². The lowest BCUT2D eigenvalue weighted by molar-refractivity contribution is -0.119. The molecule has 0 saturated carbocycles. The molecule has 0 aromatic heterocycles. The van der Waals surface area contributed by atoms with Crippen molar-refractivity contribution in [3.8, 4) is 0 Å². The van der Waals surface area contributed by atoms with Gasteiger partial charge in [-0.05, 0) is 31.3 Å². The van der Waals surface area contributed by atoms with E-state index in [4.69, 9.17) is 0 Å². The van der Waals surface area contributed by atoms with Crippen LogP contribution < -0.4 is 10.0 Å². The smallest absolute Gasteiger partial charge is 0.250 e. The van der Waals surface area contributed by atoms with Crippen LogP contribution >= 0.6 is 0 Å². The fourth-order valence-electron chi connectivity index (χ4n) is 1.16. The van der Waals surface area contributed by atoms with Gasteiger partial charge in [0.15, 0.2) is 0 Å². The van der Waals surface area contributed by atoms with Gasteiger partial charge in [-0.15, -0.1) is 0 Å². The van der Waals surface area contributed by atoms with Crippen LogP contribution in [0.5, 0.6) is 0 Å². The van der Waals surface area contributed by atoms with E-state index < -0.39 is 10.0 Å². The molecular formula is C10H14N2O4S. The number of amides is 1. The summed E-state index contributed by atoms with van der Waals surface area (Å²) in [4.78, 5) is 11.3. The standard InChI is InChI=1S/C10H14N2O4S/c1-11-17(14,15)9-5-3-8(4-6-9)12-10(13)7-16-2/h3-6,11H,7H2,1-2H3,(H,12,13). The summed E-state index contributed by atoms with van der Waals surface area (Å²) in [7, 11) is -0.685. The molecule has 0 fully saturated rings. The largest absolute Gasteiger partial charge is 0.375 e. The van der Waals surface area contributed by atoms with E-state index in [2.05, 4.69) is 14.8 Å². The van der Waals surface area contributed by atoms with Crippen molar-refractivity contribution in [3.63, 3.8) is 0 Å². The Hall–Kier alpha value is -1.44. The monoisotopic (exact) mass is 258 g/mol. The Morgan fingerprint density at radius 1 is 1.29 bits per heavy atom. The third-order valence-electron chi connectivity index (χ3n) is 1.99. The first-order chi connectivity index (χ1) is 7.99. The number of ether oxygens (including phenoxy) is 1. The predicted octanol–water partition coefficient (Wildman–Crippen LogP) is 0.180. The van der Waals surface area contributed by atoms with Crippen LogP contribution in [-0.4, -0.2) is 35.1 Å². The Morgan fingerprint density at radius 2 is 1.88 bits per heavy atom. The number of sulfonamides is 1. The molecule has 94 valence electrons. The average molecular weight is 258 g/mol. The van der Waals surface area contributed by atoms with E-state index in [1.165, 1.54) is 38.4 Å². The van der Waals surface area contributed by atoms with E-state index in [0.717, 1.165) is 0 Å². The predicted molar refractivity (Wildman–Crippen MR) is 63.2 cm³/mol. The molecule has 0 saturated heterocycles. The number of hydrogen-bond acceptors (Lipinski definition) is 4. The van der Waals surface area contributed by atoms with Crippen LogP contribution in [0.25, 0.3) is 0 Å². The maximum Gasteiger partial charge on any atom is 0.250 e. The van der Waals surface area contributed by atoms with Crippen molar-refractivity contribution in [2.45, 2.75) is 4.90 Å². The zero-order valence-corrected chi connectivity index (χ0v) is 10.4. The van der Waals surface area contributed by atoms with Gasteiger partial charge in [-0.25, -0.2) is 13.1 Å². The van der Waals surface area contributed by atoms with Gasteiger partial charge in [-0.2, -0.15) is 0 Å². The first-order valence-corrected chi connectivity index (χ1v) is 6.30. The number of anilines is 1. The number of carbonyl (C=O) groups excluding carboxylic acids is 1. The topological polar surface area (TPSA) is 84.5 Å². The highest BCUT2D eigenvalue weighted by Gasteiger charge is 2.10. The lowest BCUT2D eigenvalue weighted by Crippen LogP contribution is -2.19. The van der Waals surface area contributed by atoms with Gasteiger partial charge >= 0.3 is 0 Å². The van der Waals surface area contributed by atoms with Crippen molar-refractivity contribution in [2.75, 3.05) is 26.1 Å². The number of methoxy groups -OCH3 is 1. The second-order valence-electron chi connectivity index (χ2n) is 3.21. The molecule has 0 aliphatic heterocycles.